The van der Waals surface area contributed by atoms with E-state index >= 15 is 0 Å². The summed E-state index contributed by atoms with van der Waals surface area (Å²) in [7, 11) is 3.15. The first-order valence-corrected chi connectivity index (χ1v) is 9.33. The molecule has 0 saturated carbocycles. The Morgan fingerprint density at radius 1 is 1.14 bits per heavy atom. The van der Waals surface area contributed by atoms with Crippen LogP contribution in [0.3, 0.4) is 0 Å². The fourth-order valence-corrected chi connectivity index (χ4v) is 3.31. The second-order valence-electron chi connectivity index (χ2n) is 6.54. The minimum atomic E-state index is -0.424. The van der Waals surface area contributed by atoms with E-state index in [1.54, 1.807) is 33.3 Å². The minimum Gasteiger partial charge on any atom is -0.493 e. The molecule has 9 nitrogen and oxygen atoms in total. The Balaban J connectivity index is 1.79. The van der Waals surface area contributed by atoms with Crippen LogP contribution in [-0.4, -0.2) is 73.9 Å². The molecule has 1 aromatic heterocycles. The Morgan fingerprint density at radius 3 is 2.39 bits per heavy atom. The van der Waals surface area contributed by atoms with Gasteiger partial charge in [0.2, 0.25) is 5.95 Å². The number of hydrogen-bond acceptors (Lipinski definition) is 8. The zero-order valence-electron chi connectivity index (χ0n) is 16.8. The van der Waals surface area contributed by atoms with E-state index in [9.17, 15) is 4.79 Å². The SMILES string of the molecule is CCOC(C)C(=O)N1CCN(c2nc(N)c3cc(OC)c(OC)cc3n2)CC1. The van der Waals surface area contributed by atoms with E-state index in [4.69, 9.17) is 19.9 Å². The smallest absolute Gasteiger partial charge is 0.251 e. The predicted octanol–water partition coefficient (Wildman–Crippen LogP) is 1.30. The molecule has 1 unspecified atom stereocenters. The number of methoxy groups -OCH3 is 2. The highest BCUT2D eigenvalue weighted by molar-refractivity contribution is 5.91. The number of aromatic nitrogens is 2. The Labute approximate surface area is 164 Å². The molecule has 2 N–H and O–H groups in total. The molecule has 2 heterocycles. The highest BCUT2D eigenvalue weighted by atomic mass is 16.5. The summed E-state index contributed by atoms with van der Waals surface area (Å²) < 4.78 is 16.1. The maximum atomic E-state index is 12.4. The van der Waals surface area contributed by atoms with Crippen LogP contribution in [0.2, 0.25) is 0 Å². The molecule has 0 bridgehead atoms. The van der Waals surface area contributed by atoms with Gasteiger partial charge in [-0.15, -0.1) is 0 Å². The lowest BCUT2D eigenvalue weighted by Gasteiger charge is -2.36. The minimum absolute atomic E-state index is 0.0114. The summed E-state index contributed by atoms with van der Waals surface area (Å²) in [5, 5.41) is 0.709. The maximum absolute atomic E-state index is 12.4. The van der Waals surface area contributed by atoms with Crippen molar-refractivity contribution in [3.05, 3.63) is 12.1 Å². The van der Waals surface area contributed by atoms with Gasteiger partial charge in [-0.3, -0.25) is 4.79 Å². The van der Waals surface area contributed by atoms with E-state index in [1.807, 2.05) is 16.7 Å². The molecule has 0 spiro atoms. The van der Waals surface area contributed by atoms with Crippen molar-refractivity contribution in [1.82, 2.24) is 14.9 Å². The number of carbonyl (C=O) groups is 1. The van der Waals surface area contributed by atoms with E-state index in [-0.39, 0.29) is 5.91 Å². The van der Waals surface area contributed by atoms with Crippen molar-refractivity contribution in [1.29, 1.82) is 0 Å². The number of anilines is 2. The first-order chi connectivity index (χ1) is 13.5. The Hall–Kier alpha value is -2.81. The monoisotopic (exact) mass is 389 g/mol. The number of carbonyl (C=O) groups excluding carboxylic acids is 1. The number of ether oxygens (including phenoxy) is 3. The molecule has 0 radical (unpaired) electrons. The number of nitrogens with two attached hydrogens (primary N) is 1. The summed E-state index contributed by atoms with van der Waals surface area (Å²) >= 11 is 0. The van der Waals surface area contributed by atoms with Crippen LogP contribution in [0.5, 0.6) is 11.5 Å². The molecule has 2 aromatic rings. The van der Waals surface area contributed by atoms with Crippen LogP contribution >= 0.6 is 0 Å². The Morgan fingerprint density at radius 2 is 1.79 bits per heavy atom. The van der Waals surface area contributed by atoms with Crippen LogP contribution in [0.4, 0.5) is 11.8 Å². The van der Waals surface area contributed by atoms with Crippen molar-refractivity contribution in [2.45, 2.75) is 20.0 Å². The molecule has 1 aromatic carbocycles. The average molecular weight is 389 g/mol. The standard InChI is InChI=1S/C19H27N5O4/c1-5-28-12(2)18(25)23-6-8-24(9-7-23)19-21-14-11-16(27-4)15(26-3)10-13(14)17(20)22-19/h10-12H,5-9H2,1-4H3,(H2,20,21,22). The van der Waals surface area contributed by atoms with E-state index < -0.39 is 6.10 Å². The fraction of sp³-hybridized carbons (Fsp3) is 0.526. The third-order valence-corrected chi connectivity index (χ3v) is 4.86. The maximum Gasteiger partial charge on any atom is 0.251 e. The van der Waals surface area contributed by atoms with Gasteiger partial charge in [-0.25, -0.2) is 4.98 Å². The largest absolute Gasteiger partial charge is 0.493 e. The molecular weight excluding hydrogens is 362 g/mol. The number of hydrogen-bond donors (Lipinski definition) is 1. The van der Waals surface area contributed by atoms with Crippen LogP contribution in [0.25, 0.3) is 10.9 Å². The molecule has 1 fully saturated rings. The molecule has 28 heavy (non-hydrogen) atoms. The van der Waals surface area contributed by atoms with Gasteiger partial charge in [0, 0.05) is 44.2 Å². The van der Waals surface area contributed by atoms with E-state index in [0.29, 0.717) is 67.0 Å². The van der Waals surface area contributed by atoms with Crippen molar-refractivity contribution in [3.63, 3.8) is 0 Å². The zero-order valence-corrected chi connectivity index (χ0v) is 16.8. The number of amides is 1. The molecule has 9 heteroatoms. The van der Waals surface area contributed by atoms with Crippen LogP contribution in [0.15, 0.2) is 12.1 Å². The molecule has 1 aliphatic rings. The molecule has 0 aliphatic carbocycles. The van der Waals surface area contributed by atoms with Crippen molar-refractivity contribution in [2.24, 2.45) is 0 Å². The average Bonchev–Trinajstić information content (AvgIpc) is 2.72. The first-order valence-electron chi connectivity index (χ1n) is 9.33. The van der Waals surface area contributed by atoms with E-state index in [0.717, 1.165) is 0 Å². The summed E-state index contributed by atoms with van der Waals surface area (Å²) in [5.41, 5.74) is 6.86. The number of nitrogen functional groups attached to an aromatic ring is 1. The van der Waals surface area contributed by atoms with Crippen molar-refractivity contribution >= 4 is 28.6 Å². The third-order valence-electron chi connectivity index (χ3n) is 4.86. The van der Waals surface area contributed by atoms with Crippen LogP contribution in [-0.2, 0) is 9.53 Å². The van der Waals surface area contributed by atoms with Gasteiger partial charge in [-0.1, -0.05) is 0 Å². The predicted molar refractivity (Wildman–Crippen MR) is 107 cm³/mol. The zero-order chi connectivity index (χ0) is 20.3. The van der Waals surface area contributed by atoms with Gasteiger partial charge in [0.25, 0.3) is 5.91 Å². The molecule has 1 atom stereocenters. The summed E-state index contributed by atoms with van der Waals surface area (Å²) in [6.07, 6.45) is -0.424. The summed E-state index contributed by atoms with van der Waals surface area (Å²) in [4.78, 5) is 25.3. The van der Waals surface area contributed by atoms with Gasteiger partial charge < -0.3 is 29.7 Å². The van der Waals surface area contributed by atoms with E-state index in [1.165, 1.54) is 0 Å². The second-order valence-corrected chi connectivity index (χ2v) is 6.54. The number of piperazine rings is 1. The van der Waals surface area contributed by atoms with Gasteiger partial charge in [0.05, 0.1) is 19.7 Å². The molecule has 1 amide bonds. The van der Waals surface area contributed by atoms with Crippen molar-refractivity contribution < 1.29 is 19.0 Å². The summed E-state index contributed by atoms with van der Waals surface area (Å²) in [5.74, 6) is 2.09. The van der Waals surface area contributed by atoms with Gasteiger partial charge in [0.15, 0.2) is 11.5 Å². The van der Waals surface area contributed by atoms with Crippen LogP contribution < -0.4 is 20.1 Å². The van der Waals surface area contributed by atoms with E-state index in [2.05, 4.69) is 9.97 Å². The molecule has 1 aliphatic heterocycles. The number of rotatable bonds is 6. The Bertz CT molecular complexity index is 852. The topological polar surface area (TPSA) is 103 Å². The van der Waals surface area contributed by atoms with Gasteiger partial charge in [-0.05, 0) is 19.9 Å². The highest BCUT2D eigenvalue weighted by Crippen LogP contribution is 2.34. The van der Waals surface area contributed by atoms with Gasteiger partial charge >= 0.3 is 0 Å². The van der Waals surface area contributed by atoms with Crippen LogP contribution in [0, 0.1) is 0 Å². The molecule has 152 valence electrons. The lowest BCUT2D eigenvalue weighted by Crippen LogP contribution is -2.51. The second kappa shape index (κ2) is 8.47. The Kier molecular flexibility index (Phi) is 6.03. The molecule has 3 rings (SSSR count). The van der Waals surface area contributed by atoms with Gasteiger partial charge in [-0.2, -0.15) is 4.98 Å². The highest BCUT2D eigenvalue weighted by Gasteiger charge is 2.26. The summed E-state index contributed by atoms with van der Waals surface area (Å²) in [6.45, 7) is 6.62. The quantitative estimate of drug-likeness (QED) is 0.789. The lowest BCUT2D eigenvalue weighted by atomic mass is 10.2. The molecular formula is C19H27N5O4. The van der Waals surface area contributed by atoms with Crippen molar-refractivity contribution in [3.8, 4) is 11.5 Å². The van der Waals surface area contributed by atoms with Crippen LogP contribution in [0.1, 0.15) is 13.8 Å². The third kappa shape index (κ3) is 3.89. The molecule has 1 saturated heterocycles. The number of benzene rings is 1. The lowest BCUT2D eigenvalue weighted by molar-refractivity contribution is -0.142. The van der Waals surface area contributed by atoms with Gasteiger partial charge in [0.1, 0.15) is 11.9 Å². The van der Waals surface area contributed by atoms with Crippen molar-refractivity contribution in [2.75, 3.05) is 57.6 Å². The number of fused-ring (bicyclic) bond motifs is 1. The normalized spacial score (nSPS) is 15.6. The summed E-state index contributed by atoms with van der Waals surface area (Å²) in [6, 6.07) is 3.57. The fourth-order valence-electron chi connectivity index (χ4n) is 3.31. The first kappa shape index (κ1) is 19.9. The number of nitrogens with zero attached hydrogens (tertiary/aromatic N) is 4.